The molecule has 2 aromatic carbocycles. The van der Waals surface area contributed by atoms with E-state index in [9.17, 15) is 13.2 Å². The van der Waals surface area contributed by atoms with Crippen LogP contribution < -0.4 is 4.90 Å². The predicted molar refractivity (Wildman–Crippen MR) is 105 cm³/mol. The standard InChI is InChI=1S/C21H24N2O3S/c1-16-8-10-19(11-9-16)27(25,26)22-13-4-6-18(15-22)21(24)23-14-12-17-5-2-3-7-20(17)23/h2-3,5,7-11,18H,4,6,12-15H2,1H3/t18-/m1/s1. The van der Waals surface area contributed by atoms with Crippen LogP contribution in [-0.4, -0.2) is 38.3 Å². The van der Waals surface area contributed by atoms with E-state index < -0.39 is 10.0 Å². The number of nitrogens with zero attached hydrogens (tertiary/aromatic N) is 2. The number of anilines is 1. The highest BCUT2D eigenvalue weighted by Gasteiger charge is 2.36. The second kappa shape index (κ2) is 7.09. The molecule has 2 aliphatic rings. The Kier molecular flexibility index (Phi) is 4.78. The van der Waals surface area contributed by atoms with Crippen LogP contribution >= 0.6 is 0 Å². The SMILES string of the molecule is Cc1ccc(S(=O)(=O)N2CCC[C@@H](C(=O)N3CCc4ccccc43)C2)cc1. The van der Waals surface area contributed by atoms with Gasteiger partial charge in [0.2, 0.25) is 15.9 Å². The zero-order valence-corrected chi connectivity index (χ0v) is 16.3. The van der Waals surface area contributed by atoms with Crippen molar-refractivity contribution in [1.29, 1.82) is 0 Å². The average molecular weight is 385 g/mol. The zero-order chi connectivity index (χ0) is 19.0. The second-order valence-corrected chi connectivity index (χ2v) is 9.32. The number of para-hydroxylation sites is 1. The first-order chi connectivity index (χ1) is 13.0. The van der Waals surface area contributed by atoms with Crippen molar-refractivity contribution >= 4 is 21.6 Å². The van der Waals surface area contributed by atoms with E-state index >= 15 is 0 Å². The topological polar surface area (TPSA) is 57.7 Å². The molecule has 0 aromatic heterocycles. The molecule has 0 spiro atoms. The molecule has 1 atom stereocenters. The van der Waals surface area contributed by atoms with Crippen LogP contribution in [-0.2, 0) is 21.2 Å². The third-order valence-corrected chi connectivity index (χ3v) is 7.42. The number of aryl methyl sites for hydroxylation is 1. The Morgan fingerprint density at radius 3 is 2.56 bits per heavy atom. The van der Waals surface area contributed by atoms with Gasteiger partial charge in [-0.3, -0.25) is 4.79 Å². The van der Waals surface area contributed by atoms with E-state index in [1.54, 1.807) is 24.3 Å². The summed E-state index contributed by atoms with van der Waals surface area (Å²) in [5.41, 5.74) is 3.18. The van der Waals surface area contributed by atoms with Gasteiger partial charge in [0.15, 0.2) is 0 Å². The summed E-state index contributed by atoms with van der Waals surface area (Å²) in [7, 11) is -3.57. The fourth-order valence-corrected chi connectivity index (χ4v) is 5.53. The molecule has 1 amide bonds. The van der Waals surface area contributed by atoms with Gasteiger partial charge in [0, 0.05) is 25.3 Å². The van der Waals surface area contributed by atoms with Gasteiger partial charge in [-0.1, -0.05) is 35.9 Å². The molecule has 5 nitrogen and oxygen atoms in total. The Morgan fingerprint density at radius 2 is 1.78 bits per heavy atom. The number of piperidine rings is 1. The van der Waals surface area contributed by atoms with Crippen molar-refractivity contribution in [1.82, 2.24) is 4.31 Å². The molecular weight excluding hydrogens is 360 g/mol. The Labute approximate surface area is 160 Å². The highest BCUT2D eigenvalue weighted by molar-refractivity contribution is 7.89. The first-order valence-corrected chi connectivity index (χ1v) is 10.9. The molecule has 142 valence electrons. The van der Waals surface area contributed by atoms with Gasteiger partial charge in [-0.2, -0.15) is 4.31 Å². The van der Waals surface area contributed by atoms with Crippen molar-refractivity contribution in [3.63, 3.8) is 0 Å². The molecule has 1 saturated heterocycles. The molecule has 6 heteroatoms. The normalized spacial score (nSPS) is 20.5. The Balaban J connectivity index is 1.53. The van der Waals surface area contributed by atoms with E-state index in [1.165, 1.54) is 9.87 Å². The van der Waals surface area contributed by atoms with Crippen LogP contribution in [0.5, 0.6) is 0 Å². The zero-order valence-electron chi connectivity index (χ0n) is 15.5. The largest absolute Gasteiger partial charge is 0.312 e. The van der Waals surface area contributed by atoms with Crippen LogP contribution in [0.3, 0.4) is 0 Å². The van der Waals surface area contributed by atoms with Crippen molar-refractivity contribution < 1.29 is 13.2 Å². The fourth-order valence-electron chi connectivity index (χ4n) is 4.01. The summed E-state index contributed by atoms with van der Waals surface area (Å²) in [4.78, 5) is 15.3. The van der Waals surface area contributed by atoms with Crippen molar-refractivity contribution in [2.24, 2.45) is 5.92 Å². The first kappa shape index (κ1) is 18.2. The molecule has 27 heavy (non-hydrogen) atoms. The molecule has 0 aliphatic carbocycles. The number of carbonyl (C=O) groups is 1. The van der Waals surface area contributed by atoms with Crippen molar-refractivity contribution in [3.8, 4) is 0 Å². The van der Waals surface area contributed by atoms with Crippen molar-refractivity contribution in [2.45, 2.75) is 31.1 Å². The van der Waals surface area contributed by atoms with E-state index in [0.29, 0.717) is 24.4 Å². The lowest BCUT2D eigenvalue weighted by atomic mass is 9.98. The number of fused-ring (bicyclic) bond motifs is 1. The van der Waals surface area contributed by atoms with Crippen LogP contribution in [0.1, 0.15) is 24.0 Å². The Bertz CT molecular complexity index is 954. The molecule has 2 aliphatic heterocycles. The first-order valence-electron chi connectivity index (χ1n) is 9.43. The molecule has 1 fully saturated rings. The van der Waals surface area contributed by atoms with Crippen LogP contribution in [0.15, 0.2) is 53.4 Å². The molecule has 4 rings (SSSR count). The Hall–Kier alpha value is -2.18. The lowest BCUT2D eigenvalue weighted by Crippen LogP contribution is -2.46. The molecule has 0 N–H and O–H groups in total. The minimum atomic E-state index is -3.57. The number of sulfonamides is 1. The number of hydrogen-bond donors (Lipinski definition) is 0. The maximum Gasteiger partial charge on any atom is 0.243 e. The minimum Gasteiger partial charge on any atom is -0.312 e. The second-order valence-electron chi connectivity index (χ2n) is 7.38. The van der Waals surface area contributed by atoms with Gasteiger partial charge in [-0.15, -0.1) is 0 Å². The van der Waals surface area contributed by atoms with E-state index in [1.807, 2.05) is 30.0 Å². The average Bonchev–Trinajstić information content (AvgIpc) is 3.12. The molecule has 2 aromatic rings. The van der Waals surface area contributed by atoms with E-state index in [2.05, 4.69) is 6.07 Å². The number of hydrogen-bond acceptors (Lipinski definition) is 3. The number of benzene rings is 2. The summed E-state index contributed by atoms with van der Waals surface area (Å²) in [5, 5.41) is 0. The lowest BCUT2D eigenvalue weighted by molar-refractivity contribution is -0.123. The molecule has 2 heterocycles. The summed E-state index contributed by atoms with van der Waals surface area (Å²) >= 11 is 0. The van der Waals surface area contributed by atoms with E-state index in [0.717, 1.165) is 24.1 Å². The summed E-state index contributed by atoms with van der Waals surface area (Å²) in [5.74, 6) is -0.242. The summed E-state index contributed by atoms with van der Waals surface area (Å²) < 4.78 is 27.5. The monoisotopic (exact) mass is 384 g/mol. The molecule has 0 unspecified atom stereocenters. The van der Waals surface area contributed by atoms with Crippen LogP contribution in [0.25, 0.3) is 0 Å². The Morgan fingerprint density at radius 1 is 1.04 bits per heavy atom. The van der Waals surface area contributed by atoms with Crippen LogP contribution in [0.4, 0.5) is 5.69 Å². The number of carbonyl (C=O) groups excluding carboxylic acids is 1. The van der Waals surface area contributed by atoms with Gasteiger partial charge in [0.05, 0.1) is 10.8 Å². The minimum absolute atomic E-state index is 0.0451. The van der Waals surface area contributed by atoms with E-state index in [-0.39, 0.29) is 18.4 Å². The van der Waals surface area contributed by atoms with Gasteiger partial charge in [-0.25, -0.2) is 8.42 Å². The summed E-state index contributed by atoms with van der Waals surface area (Å²) in [6.45, 7) is 3.34. The maximum atomic E-state index is 13.1. The van der Waals surface area contributed by atoms with Crippen molar-refractivity contribution in [3.05, 3.63) is 59.7 Å². The third-order valence-electron chi connectivity index (χ3n) is 5.55. The number of amides is 1. The molecular formula is C21H24N2O3S. The van der Waals surface area contributed by atoms with Crippen LogP contribution in [0.2, 0.25) is 0 Å². The molecule has 0 radical (unpaired) electrons. The highest BCUT2D eigenvalue weighted by atomic mass is 32.2. The number of rotatable bonds is 3. The molecule has 0 saturated carbocycles. The highest BCUT2D eigenvalue weighted by Crippen LogP contribution is 2.31. The molecule has 0 bridgehead atoms. The van der Waals surface area contributed by atoms with E-state index in [4.69, 9.17) is 0 Å². The van der Waals surface area contributed by atoms with Gasteiger partial charge < -0.3 is 4.90 Å². The van der Waals surface area contributed by atoms with Gasteiger partial charge >= 0.3 is 0 Å². The summed E-state index contributed by atoms with van der Waals surface area (Å²) in [6, 6.07) is 14.9. The fraction of sp³-hybridized carbons (Fsp3) is 0.381. The van der Waals surface area contributed by atoms with Gasteiger partial charge in [-0.05, 0) is 49.9 Å². The van der Waals surface area contributed by atoms with Crippen LogP contribution in [0, 0.1) is 12.8 Å². The van der Waals surface area contributed by atoms with Gasteiger partial charge in [0.1, 0.15) is 0 Å². The smallest absolute Gasteiger partial charge is 0.243 e. The predicted octanol–water partition coefficient (Wildman–Crippen LogP) is 2.99. The maximum absolute atomic E-state index is 13.1. The van der Waals surface area contributed by atoms with Gasteiger partial charge in [0.25, 0.3) is 0 Å². The quantitative estimate of drug-likeness (QED) is 0.817. The summed E-state index contributed by atoms with van der Waals surface area (Å²) in [6.07, 6.45) is 2.30. The third kappa shape index (κ3) is 3.39. The lowest BCUT2D eigenvalue weighted by Gasteiger charge is -2.33. The van der Waals surface area contributed by atoms with Crippen molar-refractivity contribution in [2.75, 3.05) is 24.5 Å².